The summed E-state index contributed by atoms with van der Waals surface area (Å²) in [5.74, 6) is -0.708. The average Bonchev–Trinajstić information content (AvgIpc) is 3.22. The third-order valence-electron chi connectivity index (χ3n) is 3.90. The van der Waals surface area contributed by atoms with Gasteiger partial charge in [0.25, 0.3) is 0 Å². The number of aryl methyl sites for hydroxylation is 1. The third-order valence-corrected chi connectivity index (χ3v) is 5.00. The highest BCUT2D eigenvalue weighted by Gasteiger charge is 2.15. The predicted octanol–water partition coefficient (Wildman–Crippen LogP) is 3.50. The fourth-order valence-corrected chi connectivity index (χ4v) is 3.16. The van der Waals surface area contributed by atoms with Gasteiger partial charge in [0, 0.05) is 34.9 Å². The first kappa shape index (κ1) is 19.5. The van der Waals surface area contributed by atoms with E-state index in [9.17, 15) is 9.59 Å². The molecule has 3 rings (SSSR count). The first-order valence-corrected chi connectivity index (χ1v) is 9.59. The number of anilines is 1. The van der Waals surface area contributed by atoms with Gasteiger partial charge in [-0.3, -0.25) is 9.59 Å². The van der Waals surface area contributed by atoms with Crippen LogP contribution in [0.2, 0.25) is 0 Å². The first-order chi connectivity index (χ1) is 13.5. The Bertz CT molecular complexity index is 942. The average molecular weight is 396 g/mol. The Morgan fingerprint density at radius 3 is 2.61 bits per heavy atom. The quantitative estimate of drug-likeness (QED) is 0.622. The van der Waals surface area contributed by atoms with Crippen LogP contribution in [0, 0.1) is 6.92 Å². The van der Waals surface area contributed by atoms with Crippen LogP contribution in [0.4, 0.5) is 5.69 Å². The van der Waals surface area contributed by atoms with E-state index in [2.05, 4.69) is 20.6 Å². The van der Waals surface area contributed by atoms with Gasteiger partial charge in [-0.05, 0) is 48.7 Å². The van der Waals surface area contributed by atoms with Gasteiger partial charge in [0.15, 0.2) is 0 Å². The Balaban J connectivity index is 1.50. The molecule has 0 fully saturated rings. The molecule has 0 aliphatic heterocycles. The molecule has 0 aliphatic rings. The molecule has 2 heterocycles. The molecular weight excluding hydrogens is 376 g/mol. The number of rotatable bonds is 6. The van der Waals surface area contributed by atoms with Gasteiger partial charge in [0.1, 0.15) is 5.75 Å². The van der Waals surface area contributed by atoms with Crippen molar-refractivity contribution >= 4 is 28.8 Å². The van der Waals surface area contributed by atoms with Gasteiger partial charge in [-0.15, -0.1) is 11.3 Å². The van der Waals surface area contributed by atoms with Crippen LogP contribution in [-0.2, 0) is 9.59 Å². The van der Waals surface area contributed by atoms with E-state index >= 15 is 0 Å². The Kier molecular flexibility index (Phi) is 6.33. The molecule has 0 bridgehead atoms. The summed E-state index contributed by atoms with van der Waals surface area (Å²) in [5.41, 5.74) is 1.29. The summed E-state index contributed by atoms with van der Waals surface area (Å²) < 4.78 is 5.55. The first-order valence-electron chi connectivity index (χ1n) is 8.71. The van der Waals surface area contributed by atoms with Gasteiger partial charge < -0.3 is 15.4 Å². The molecule has 8 heteroatoms. The lowest BCUT2D eigenvalue weighted by Crippen LogP contribution is -2.37. The Labute approximate surface area is 166 Å². The third kappa shape index (κ3) is 5.37. The zero-order chi connectivity index (χ0) is 19.9. The molecule has 0 saturated carbocycles. The van der Waals surface area contributed by atoms with E-state index in [1.807, 2.05) is 31.4 Å². The minimum Gasteiger partial charge on any atom is -0.424 e. The number of thiophene rings is 1. The highest BCUT2D eigenvalue weighted by atomic mass is 32.1. The standard InChI is InChI=1S/C20H20N4O3S/c1-13(17-4-3-11-28-17)12-22-18(25)19(26)24-15-5-7-16(8-6-15)27-20-21-10-9-14(2)23-20/h3-11,13H,12H2,1-2H3,(H,22,25)(H,24,26). The number of hydrogen-bond donors (Lipinski definition) is 2. The van der Waals surface area contributed by atoms with E-state index < -0.39 is 11.8 Å². The van der Waals surface area contributed by atoms with Gasteiger partial charge in [-0.2, -0.15) is 0 Å². The number of nitrogens with one attached hydrogen (secondary N) is 2. The maximum absolute atomic E-state index is 12.1. The monoisotopic (exact) mass is 396 g/mol. The second kappa shape index (κ2) is 9.09. The van der Waals surface area contributed by atoms with Crippen molar-refractivity contribution in [2.75, 3.05) is 11.9 Å². The molecule has 1 aromatic carbocycles. The summed E-state index contributed by atoms with van der Waals surface area (Å²) in [4.78, 5) is 33.4. The van der Waals surface area contributed by atoms with Gasteiger partial charge in [0.2, 0.25) is 0 Å². The molecular formula is C20H20N4O3S. The number of nitrogens with zero attached hydrogens (tertiary/aromatic N) is 2. The fraction of sp³-hybridized carbons (Fsp3) is 0.200. The second-order valence-electron chi connectivity index (χ2n) is 6.19. The molecule has 1 unspecified atom stereocenters. The normalized spacial score (nSPS) is 11.5. The van der Waals surface area contributed by atoms with Crippen LogP contribution >= 0.6 is 11.3 Å². The molecule has 144 valence electrons. The molecule has 0 saturated heterocycles. The molecule has 7 nitrogen and oxygen atoms in total. The van der Waals surface area contributed by atoms with Crippen LogP contribution < -0.4 is 15.4 Å². The van der Waals surface area contributed by atoms with Gasteiger partial charge in [-0.25, -0.2) is 9.97 Å². The maximum atomic E-state index is 12.1. The molecule has 0 radical (unpaired) electrons. The van der Waals surface area contributed by atoms with Crippen LogP contribution in [0.3, 0.4) is 0 Å². The second-order valence-corrected chi connectivity index (χ2v) is 7.17. The van der Waals surface area contributed by atoms with E-state index in [1.165, 1.54) is 0 Å². The Morgan fingerprint density at radius 2 is 1.93 bits per heavy atom. The summed E-state index contributed by atoms with van der Waals surface area (Å²) in [5, 5.41) is 7.20. The summed E-state index contributed by atoms with van der Waals surface area (Å²) in [7, 11) is 0. The van der Waals surface area contributed by atoms with E-state index in [0.29, 0.717) is 18.0 Å². The van der Waals surface area contributed by atoms with Crippen molar-refractivity contribution in [1.29, 1.82) is 0 Å². The van der Waals surface area contributed by atoms with Crippen molar-refractivity contribution in [3.63, 3.8) is 0 Å². The lowest BCUT2D eigenvalue weighted by atomic mass is 10.1. The Morgan fingerprint density at radius 1 is 1.14 bits per heavy atom. The van der Waals surface area contributed by atoms with Gasteiger partial charge >= 0.3 is 17.8 Å². The van der Waals surface area contributed by atoms with Crippen molar-refractivity contribution in [3.8, 4) is 11.8 Å². The number of aromatic nitrogens is 2. The summed E-state index contributed by atoms with van der Waals surface area (Å²) >= 11 is 1.62. The number of amides is 2. The molecule has 2 amide bonds. The van der Waals surface area contributed by atoms with Gasteiger partial charge in [-0.1, -0.05) is 13.0 Å². The van der Waals surface area contributed by atoms with Crippen LogP contribution in [0.25, 0.3) is 0 Å². The van der Waals surface area contributed by atoms with Crippen LogP contribution in [0.1, 0.15) is 23.4 Å². The van der Waals surface area contributed by atoms with Crippen molar-refractivity contribution in [2.45, 2.75) is 19.8 Å². The topological polar surface area (TPSA) is 93.2 Å². The van der Waals surface area contributed by atoms with Crippen molar-refractivity contribution < 1.29 is 14.3 Å². The van der Waals surface area contributed by atoms with E-state index in [0.717, 1.165) is 10.6 Å². The molecule has 2 aromatic heterocycles. The van der Waals surface area contributed by atoms with Gasteiger partial charge in [0.05, 0.1) is 0 Å². The molecule has 3 aromatic rings. The van der Waals surface area contributed by atoms with Crippen molar-refractivity contribution in [3.05, 3.63) is 64.6 Å². The maximum Gasteiger partial charge on any atom is 0.322 e. The summed E-state index contributed by atoms with van der Waals surface area (Å²) in [6.45, 7) is 4.25. The van der Waals surface area contributed by atoms with E-state index in [-0.39, 0.29) is 11.9 Å². The molecule has 1 atom stereocenters. The molecule has 2 N–H and O–H groups in total. The number of carbonyl (C=O) groups is 2. The lowest BCUT2D eigenvalue weighted by Gasteiger charge is -2.11. The van der Waals surface area contributed by atoms with Crippen molar-refractivity contribution in [2.24, 2.45) is 0 Å². The van der Waals surface area contributed by atoms with Crippen LogP contribution in [-0.4, -0.2) is 28.3 Å². The summed E-state index contributed by atoms with van der Waals surface area (Å²) in [6, 6.07) is 12.6. The van der Waals surface area contributed by atoms with E-state index in [4.69, 9.17) is 4.74 Å². The van der Waals surface area contributed by atoms with Crippen LogP contribution in [0.5, 0.6) is 11.8 Å². The Hall–Kier alpha value is -3.26. The molecule has 28 heavy (non-hydrogen) atoms. The van der Waals surface area contributed by atoms with Crippen molar-refractivity contribution in [1.82, 2.24) is 15.3 Å². The molecule has 0 spiro atoms. The predicted molar refractivity (Wildman–Crippen MR) is 108 cm³/mol. The zero-order valence-electron chi connectivity index (χ0n) is 15.5. The smallest absolute Gasteiger partial charge is 0.322 e. The number of carbonyl (C=O) groups excluding carboxylic acids is 2. The minimum absolute atomic E-state index is 0.150. The number of benzene rings is 1. The highest BCUT2D eigenvalue weighted by Crippen LogP contribution is 2.21. The molecule has 0 aliphatic carbocycles. The number of ether oxygens (including phenoxy) is 1. The lowest BCUT2D eigenvalue weighted by molar-refractivity contribution is -0.136. The summed E-state index contributed by atoms with van der Waals surface area (Å²) in [6.07, 6.45) is 1.62. The highest BCUT2D eigenvalue weighted by molar-refractivity contribution is 7.10. The SMILES string of the molecule is Cc1ccnc(Oc2ccc(NC(=O)C(=O)NCC(C)c3cccs3)cc2)n1. The van der Waals surface area contributed by atoms with E-state index in [1.54, 1.807) is 47.9 Å². The number of hydrogen-bond acceptors (Lipinski definition) is 6. The fourth-order valence-electron chi connectivity index (χ4n) is 2.37. The zero-order valence-corrected chi connectivity index (χ0v) is 16.3. The minimum atomic E-state index is -0.714. The van der Waals surface area contributed by atoms with Crippen LogP contribution in [0.15, 0.2) is 54.0 Å². The largest absolute Gasteiger partial charge is 0.424 e.